The van der Waals surface area contributed by atoms with Gasteiger partial charge in [0.1, 0.15) is 0 Å². The number of rotatable bonds is 1. The maximum atomic E-state index is 5.72. The van der Waals surface area contributed by atoms with Gasteiger partial charge >= 0.3 is 0 Å². The third-order valence-corrected chi connectivity index (χ3v) is 3.82. The fourth-order valence-corrected chi connectivity index (χ4v) is 2.78. The van der Waals surface area contributed by atoms with Crippen LogP contribution in [0.25, 0.3) is 0 Å². The maximum absolute atomic E-state index is 5.72. The molecule has 3 heterocycles. The second-order valence-corrected chi connectivity index (χ2v) is 5.16. The highest BCUT2D eigenvalue weighted by atomic mass is 16.5. The van der Waals surface area contributed by atoms with Crippen molar-refractivity contribution in [1.82, 2.24) is 4.90 Å². The van der Waals surface area contributed by atoms with Gasteiger partial charge in [0.05, 0.1) is 12.9 Å². The summed E-state index contributed by atoms with van der Waals surface area (Å²) in [5.41, 5.74) is 0. The molecule has 1 fully saturated rings. The van der Waals surface area contributed by atoms with Crippen LogP contribution in [0.1, 0.15) is 20.3 Å². The Balaban J connectivity index is 1.83. The minimum Gasteiger partial charge on any atom is -0.488 e. The summed E-state index contributed by atoms with van der Waals surface area (Å²) < 4.78 is 11.3. The highest BCUT2D eigenvalue weighted by molar-refractivity contribution is 5.52. The molecule has 17 heavy (non-hydrogen) atoms. The molecule has 0 spiro atoms. The second-order valence-electron chi connectivity index (χ2n) is 5.16. The molecule has 0 aliphatic carbocycles. The Morgan fingerprint density at radius 1 is 1.35 bits per heavy atom. The number of fused-ring (bicyclic) bond motifs is 3. The number of anilines is 1. The van der Waals surface area contributed by atoms with Crippen LogP contribution in [-0.2, 0) is 0 Å². The Morgan fingerprint density at radius 2 is 2.24 bits per heavy atom. The third-order valence-electron chi connectivity index (χ3n) is 3.82. The van der Waals surface area contributed by atoms with E-state index in [2.05, 4.69) is 23.6 Å². The molecule has 3 rings (SSSR count). The number of hydrogen-bond donors (Lipinski definition) is 0. The Kier molecular flexibility index (Phi) is 2.74. The van der Waals surface area contributed by atoms with Crippen LogP contribution < -0.4 is 9.64 Å². The molecule has 2 aliphatic rings. The molecule has 94 valence electrons. The molecule has 0 amide bonds. The number of ether oxygens (including phenoxy) is 1. The van der Waals surface area contributed by atoms with Crippen molar-refractivity contribution in [3.8, 4) is 5.75 Å². The van der Waals surface area contributed by atoms with E-state index in [1.165, 1.54) is 0 Å². The van der Waals surface area contributed by atoms with Crippen LogP contribution in [0, 0.1) is 0 Å². The molecule has 1 saturated heterocycles. The lowest BCUT2D eigenvalue weighted by Gasteiger charge is -2.42. The fourth-order valence-electron chi connectivity index (χ4n) is 2.78. The normalized spacial score (nSPS) is 25.1. The first kappa shape index (κ1) is 11.0. The van der Waals surface area contributed by atoms with E-state index >= 15 is 0 Å². The molecular formula is C13H20N2O2. The van der Waals surface area contributed by atoms with E-state index in [0.717, 1.165) is 44.3 Å². The smallest absolute Gasteiger partial charge is 0.238 e. The SMILES string of the molecule is CC(C)N1CCN2c3occc3OCC[C@H]2C1. The summed E-state index contributed by atoms with van der Waals surface area (Å²) >= 11 is 0. The Hall–Kier alpha value is -1.16. The number of hydrogen-bond acceptors (Lipinski definition) is 4. The van der Waals surface area contributed by atoms with E-state index in [9.17, 15) is 0 Å². The molecule has 0 aromatic carbocycles. The van der Waals surface area contributed by atoms with Crippen LogP contribution in [0.4, 0.5) is 5.88 Å². The predicted octanol–water partition coefficient (Wildman–Crippen LogP) is 1.96. The summed E-state index contributed by atoms with van der Waals surface area (Å²) in [7, 11) is 0. The van der Waals surface area contributed by atoms with Crippen LogP contribution in [0.15, 0.2) is 16.7 Å². The van der Waals surface area contributed by atoms with Gasteiger partial charge in [0.25, 0.3) is 0 Å². The van der Waals surface area contributed by atoms with Crippen LogP contribution in [0.2, 0.25) is 0 Å². The largest absolute Gasteiger partial charge is 0.488 e. The van der Waals surface area contributed by atoms with Gasteiger partial charge in [0.15, 0.2) is 5.75 Å². The zero-order valence-corrected chi connectivity index (χ0v) is 10.6. The predicted molar refractivity (Wildman–Crippen MR) is 66.7 cm³/mol. The number of piperazine rings is 1. The van der Waals surface area contributed by atoms with Gasteiger partial charge in [-0.1, -0.05) is 0 Å². The van der Waals surface area contributed by atoms with Gasteiger partial charge in [-0.3, -0.25) is 4.90 Å². The Labute approximate surface area is 102 Å². The van der Waals surface area contributed by atoms with E-state index in [0.29, 0.717) is 12.1 Å². The van der Waals surface area contributed by atoms with Gasteiger partial charge < -0.3 is 14.1 Å². The molecule has 1 aromatic rings. The average molecular weight is 236 g/mol. The summed E-state index contributed by atoms with van der Waals surface area (Å²) in [6.45, 7) is 8.57. The van der Waals surface area contributed by atoms with E-state index in [1.807, 2.05) is 6.07 Å². The van der Waals surface area contributed by atoms with Crippen molar-refractivity contribution < 1.29 is 9.15 Å². The van der Waals surface area contributed by atoms with Crippen molar-refractivity contribution in [3.63, 3.8) is 0 Å². The van der Waals surface area contributed by atoms with E-state index in [4.69, 9.17) is 9.15 Å². The van der Waals surface area contributed by atoms with Gasteiger partial charge in [0, 0.05) is 44.2 Å². The first-order valence-corrected chi connectivity index (χ1v) is 6.46. The lowest BCUT2D eigenvalue weighted by Crippen LogP contribution is -2.54. The molecule has 2 aliphatic heterocycles. The van der Waals surface area contributed by atoms with Crippen LogP contribution in [-0.4, -0.2) is 43.2 Å². The molecule has 4 nitrogen and oxygen atoms in total. The third kappa shape index (κ3) is 1.90. The summed E-state index contributed by atoms with van der Waals surface area (Å²) in [4.78, 5) is 4.91. The lowest BCUT2D eigenvalue weighted by molar-refractivity contribution is 0.170. The van der Waals surface area contributed by atoms with E-state index in [1.54, 1.807) is 6.26 Å². The summed E-state index contributed by atoms with van der Waals surface area (Å²) in [6.07, 6.45) is 2.80. The summed E-state index contributed by atoms with van der Waals surface area (Å²) in [5.74, 6) is 1.83. The number of furan rings is 1. The van der Waals surface area contributed by atoms with Crippen molar-refractivity contribution in [2.45, 2.75) is 32.4 Å². The second kappa shape index (κ2) is 4.26. The fraction of sp³-hybridized carbons (Fsp3) is 0.692. The minimum absolute atomic E-state index is 0.526. The highest BCUT2D eigenvalue weighted by Gasteiger charge is 2.33. The standard InChI is InChI=1S/C13H20N2O2/c1-10(2)14-5-6-15-11(9-14)3-7-16-12-4-8-17-13(12)15/h4,8,10-11H,3,5-7,9H2,1-2H3/t11-/m0/s1. The average Bonchev–Trinajstić information content (AvgIpc) is 2.71. The van der Waals surface area contributed by atoms with Crippen LogP contribution in [0.5, 0.6) is 5.75 Å². The monoisotopic (exact) mass is 236 g/mol. The van der Waals surface area contributed by atoms with Gasteiger partial charge in [0.2, 0.25) is 5.88 Å². The first-order valence-electron chi connectivity index (χ1n) is 6.46. The molecular weight excluding hydrogens is 216 g/mol. The first-order chi connectivity index (χ1) is 8.25. The van der Waals surface area contributed by atoms with Gasteiger partial charge in [-0.2, -0.15) is 0 Å². The zero-order valence-electron chi connectivity index (χ0n) is 10.6. The molecule has 0 N–H and O–H groups in total. The zero-order chi connectivity index (χ0) is 11.8. The Morgan fingerprint density at radius 3 is 3.06 bits per heavy atom. The molecule has 4 heteroatoms. The van der Waals surface area contributed by atoms with Crippen LogP contribution >= 0.6 is 0 Å². The minimum atomic E-state index is 0.526. The molecule has 0 bridgehead atoms. The van der Waals surface area contributed by atoms with Gasteiger partial charge in [-0.25, -0.2) is 0 Å². The van der Waals surface area contributed by atoms with Gasteiger partial charge in [-0.05, 0) is 13.8 Å². The molecule has 0 saturated carbocycles. The van der Waals surface area contributed by atoms with Crippen molar-refractivity contribution in [1.29, 1.82) is 0 Å². The maximum Gasteiger partial charge on any atom is 0.238 e. The molecule has 1 aromatic heterocycles. The lowest BCUT2D eigenvalue weighted by atomic mass is 10.1. The highest BCUT2D eigenvalue weighted by Crippen LogP contribution is 2.35. The summed E-state index contributed by atoms with van der Waals surface area (Å²) in [6, 6.07) is 3.07. The summed E-state index contributed by atoms with van der Waals surface area (Å²) in [5, 5.41) is 0. The van der Waals surface area contributed by atoms with Gasteiger partial charge in [-0.15, -0.1) is 0 Å². The van der Waals surface area contributed by atoms with Crippen molar-refractivity contribution in [3.05, 3.63) is 12.3 Å². The molecule has 1 atom stereocenters. The molecule has 0 radical (unpaired) electrons. The quantitative estimate of drug-likeness (QED) is 0.745. The van der Waals surface area contributed by atoms with Crippen molar-refractivity contribution in [2.24, 2.45) is 0 Å². The van der Waals surface area contributed by atoms with Crippen molar-refractivity contribution >= 4 is 5.88 Å². The number of nitrogens with zero attached hydrogens (tertiary/aromatic N) is 2. The van der Waals surface area contributed by atoms with E-state index < -0.39 is 0 Å². The van der Waals surface area contributed by atoms with E-state index in [-0.39, 0.29) is 0 Å². The molecule has 0 unspecified atom stereocenters. The van der Waals surface area contributed by atoms with Crippen LogP contribution in [0.3, 0.4) is 0 Å². The van der Waals surface area contributed by atoms with Crippen molar-refractivity contribution in [2.75, 3.05) is 31.1 Å². The Bertz CT molecular complexity index is 389. The topological polar surface area (TPSA) is 28.9 Å².